The number of hydrogen-bond acceptors (Lipinski definition) is 7. The molecule has 8 heteroatoms. The van der Waals surface area contributed by atoms with Gasteiger partial charge >= 0.3 is 5.97 Å². The molecule has 0 aromatic heterocycles. The average Bonchev–Trinajstić information content (AvgIpc) is 2.75. The summed E-state index contributed by atoms with van der Waals surface area (Å²) in [5, 5.41) is 22.8. The maximum absolute atomic E-state index is 12.2. The van der Waals surface area contributed by atoms with Gasteiger partial charge in [0.05, 0.1) is 23.9 Å². The van der Waals surface area contributed by atoms with Gasteiger partial charge in [0, 0.05) is 6.07 Å². The van der Waals surface area contributed by atoms with Crippen LogP contribution in [0.25, 0.3) is 0 Å². The Labute approximate surface area is 178 Å². The average molecular weight is 420 g/mol. The zero-order valence-electron chi connectivity index (χ0n) is 16.6. The molecule has 0 bridgehead atoms. The molecule has 3 rings (SSSR count). The summed E-state index contributed by atoms with van der Waals surface area (Å²) < 4.78 is 10.7. The van der Waals surface area contributed by atoms with Gasteiger partial charge in [-0.05, 0) is 73.2 Å². The van der Waals surface area contributed by atoms with Crippen molar-refractivity contribution < 1.29 is 29.3 Å². The number of amides is 1. The number of rotatable bonds is 7. The van der Waals surface area contributed by atoms with Crippen molar-refractivity contribution in [3.8, 4) is 23.0 Å². The molecular formula is C23H20N2O6. The Morgan fingerprint density at radius 3 is 2.29 bits per heavy atom. The van der Waals surface area contributed by atoms with Crippen molar-refractivity contribution in [1.82, 2.24) is 5.43 Å². The summed E-state index contributed by atoms with van der Waals surface area (Å²) in [7, 11) is 0. The molecule has 31 heavy (non-hydrogen) atoms. The number of hydrazone groups is 1. The molecule has 0 saturated carbocycles. The van der Waals surface area contributed by atoms with Crippen molar-refractivity contribution >= 4 is 18.1 Å². The molecular weight excluding hydrogens is 400 g/mol. The van der Waals surface area contributed by atoms with E-state index in [-0.39, 0.29) is 17.1 Å². The number of aromatic hydroxyl groups is 2. The van der Waals surface area contributed by atoms with Crippen molar-refractivity contribution in [2.24, 2.45) is 5.10 Å². The predicted molar refractivity (Wildman–Crippen MR) is 114 cm³/mol. The van der Waals surface area contributed by atoms with Gasteiger partial charge in [-0.15, -0.1) is 0 Å². The first-order chi connectivity index (χ1) is 15.0. The van der Waals surface area contributed by atoms with Crippen LogP contribution in [-0.2, 0) is 0 Å². The number of carbonyl (C=O) groups is 2. The highest BCUT2D eigenvalue weighted by molar-refractivity contribution is 5.97. The zero-order chi connectivity index (χ0) is 22.2. The van der Waals surface area contributed by atoms with E-state index in [2.05, 4.69) is 10.5 Å². The standard InChI is InChI=1S/C23H20N2O6/c1-2-30-18-10-5-16(6-11-18)23(29)31-19-8-3-15(4-9-19)14-24-25-22(28)20-12-7-17(26)13-21(20)27/h3-14,26-27H,2H2,1H3,(H,25,28)/b24-14-. The molecule has 8 nitrogen and oxygen atoms in total. The number of phenolic OH excluding ortho intramolecular Hbond substituents is 2. The number of carbonyl (C=O) groups excluding carboxylic acids is 2. The minimum Gasteiger partial charge on any atom is -0.508 e. The van der Waals surface area contributed by atoms with Crippen LogP contribution in [-0.4, -0.2) is 34.9 Å². The smallest absolute Gasteiger partial charge is 0.343 e. The molecule has 0 spiro atoms. The van der Waals surface area contributed by atoms with Crippen molar-refractivity contribution in [2.75, 3.05) is 6.61 Å². The maximum atomic E-state index is 12.2. The highest BCUT2D eigenvalue weighted by Crippen LogP contribution is 2.22. The first-order valence-corrected chi connectivity index (χ1v) is 9.36. The third kappa shape index (κ3) is 5.83. The van der Waals surface area contributed by atoms with Crippen LogP contribution in [0.2, 0.25) is 0 Å². The van der Waals surface area contributed by atoms with Gasteiger partial charge in [-0.25, -0.2) is 10.2 Å². The van der Waals surface area contributed by atoms with E-state index < -0.39 is 11.9 Å². The lowest BCUT2D eigenvalue weighted by Crippen LogP contribution is -2.17. The van der Waals surface area contributed by atoms with Crippen molar-refractivity contribution in [1.29, 1.82) is 0 Å². The van der Waals surface area contributed by atoms with Gasteiger partial charge in [0.1, 0.15) is 23.0 Å². The van der Waals surface area contributed by atoms with Crippen molar-refractivity contribution in [2.45, 2.75) is 6.92 Å². The Hall–Kier alpha value is -4.33. The van der Waals surface area contributed by atoms with E-state index in [1.165, 1.54) is 18.3 Å². The fourth-order valence-electron chi connectivity index (χ4n) is 2.58. The van der Waals surface area contributed by atoms with Gasteiger partial charge in [-0.2, -0.15) is 5.10 Å². The molecule has 1 amide bonds. The van der Waals surface area contributed by atoms with Gasteiger partial charge in [-0.3, -0.25) is 4.79 Å². The number of hydrogen-bond donors (Lipinski definition) is 3. The Morgan fingerprint density at radius 1 is 0.968 bits per heavy atom. The largest absolute Gasteiger partial charge is 0.508 e. The number of nitrogens with one attached hydrogen (secondary N) is 1. The van der Waals surface area contributed by atoms with Gasteiger partial charge in [-0.1, -0.05) is 0 Å². The SMILES string of the molecule is CCOc1ccc(C(=O)Oc2ccc(/C=N\NC(=O)c3ccc(O)cc3O)cc2)cc1. The number of nitrogens with zero attached hydrogens (tertiary/aromatic N) is 1. The summed E-state index contributed by atoms with van der Waals surface area (Å²) in [5.41, 5.74) is 3.31. The first-order valence-electron chi connectivity index (χ1n) is 9.36. The third-order valence-corrected chi connectivity index (χ3v) is 4.10. The highest BCUT2D eigenvalue weighted by Gasteiger charge is 2.11. The topological polar surface area (TPSA) is 117 Å². The number of ether oxygens (including phenoxy) is 2. The molecule has 0 aliphatic rings. The first kappa shape index (κ1) is 21.4. The molecule has 0 saturated heterocycles. The van der Waals surface area contributed by atoms with Crippen LogP contribution in [0.15, 0.2) is 71.8 Å². The Balaban J connectivity index is 1.55. The van der Waals surface area contributed by atoms with Gasteiger partial charge in [0.2, 0.25) is 0 Å². The van der Waals surface area contributed by atoms with Crippen LogP contribution in [0.4, 0.5) is 0 Å². The van der Waals surface area contributed by atoms with Crippen LogP contribution in [0.1, 0.15) is 33.2 Å². The van der Waals surface area contributed by atoms with E-state index >= 15 is 0 Å². The second-order valence-electron chi connectivity index (χ2n) is 6.32. The minimum absolute atomic E-state index is 0.0218. The minimum atomic E-state index is -0.630. The van der Waals surface area contributed by atoms with E-state index in [0.29, 0.717) is 29.2 Å². The third-order valence-electron chi connectivity index (χ3n) is 4.10. The molecule has 0 unspecified atom stereocenters. The van der Waals surface area contributed by atoms with E-state index in [1.54, 1.807) is 48.5 Å². The molecule has 0 atom stereocenters. The maximum Gasteiger partial charge on any atom is 0.343 e. The normalized spacial score (nSPS) is 10.6. The summed E-state index contributed by atoms with van der Waals surface area (Å²) in [4.78, 5) is 24.2. The van der Waals surface area contributed by atoms with Crippen LogP contribution in [0.3, 0.4) is 0 Å². The summed E-state index contributed by atoms with van der Waals surface area (Å²) in [6.45, 7) is 2.42. The van der Waals surface area contributed by atoms with E-state index in [9.17, 15) is 19.8 Å². The molecule has 0 fully saturated rings. The van der Waals surface area contributed by atoms with E-state index in [0.717, 1.165) is 6.07 Å². The summed E-state index contributed by atoms with van der Waals surface area (Å²) in [6.07, 6.45) is 1.40. The lowest BCUT2D eigenvalue weighted by atomic mass is 10.2. The van der Waals surface area contributed by atoms with Gasteiger partial charge in [0.25, 0.3) is 5.91 Å². The number of phenols is 2. The van der Waals surface area contributed by atoms with E-state index in [1.807, 2.05) is 6.92 Å². The summed E-state index contributed by atoms with van der Waals surface area (Å²) in [6, 6.07) is 16.8. The molecule has 3 aromatic carbocycles. The fourth-order valence-corrected chi connectivity index (χ4v) is 2.58. The van der Waals surface area contributed by atoms with Crippen LogP contribution < -0.4 is 14.9 Å². The lowest BCUT2D eigenvalue weighted by molar-refractivity contribution is 0.0734. The van der Waals surface area contributed by atoms with Gasteiger partial charge < -0.3 is 19.7 Å². The molecule has 0 aliphatic heterocycles. The van der Waals surface area contributed by atoms with Crippen LogP contribution in [0.5, 0.6) is 23.0 Å². The predicted octanol–water partition coefficient (Wildman–Crippen LogP) is 3.48. The fraction of sp³-hybridized carbons (Fsp3) is 0.0870. The van der Waals surface area contributed by atoms with Crippen LogP contribution >= 0.6 is 0 Å². The molecule has 0 heterocycles. The number of benzene rings is 3. The van der Waals surface area contributed by atoms with Crippen LogP contribution in [0, 0.1) is 0 Å². The molecule has 3 aromatic rings. The molecule has 0 aliphatic carbocycles. The Morgan fingerprint density at radius 2 is 1.65 bits per heavy atom. The monoisotopic (exact) mass is 420 g/mol. The van der Waals surface area contributed by atoms with Crippen molar-refractivity contribution in [3.63, 3.8) is 0 Å². The Kier molecular flexibility index (Phi) is 6.85. The van der Waals surface area contributed by atoms with Crippen molar-refractivity contribution in [3.05, 3.63) is 83.4 Å². The quantitative estimate of drug-likeness (QED) is 0.233. The second kappa shape index (κ2) is 9.93. The second-order valence-corrected chi connectivity index (χ2v) is 6.32. The zero-order valence-corrected chi connectivity index (χ0v) is 16.6. The summed E-state index contributed by atoms with van der Waals surface area (Å²) in [5.74, 6) is -0.600. The Bertz CT molecular complexity index is 1090. The van der Waals surface area contributed by atoms with Gasteiger partial charge in [0.15, 0.2) is 0 Å². The molecule has 158 valence electrons. The molecule has 3 N–H and O–H groups in total. The van der Waals surface area contributed by atoms with E-state index in [4.69, 9.17) is 9.47 Å². The number of esters is 1. The lowest BCUT2D eigenvalue weighted by Gasteiger charge is -2.06. The highest BCUT2D eigenvalue weighted by atomic mass is 16.5. The summed E-state index contributed by atoms with van der Waals surface area (Å²) >= 11 is 0. The molecule has 0 radical (unpaired) electrons.